The molecular weight excluding hydrogens is 308 g/mol. The summed E-state index contributed by atoms with van der Waals surface area (Å²) in [6.45, 7) is 8.64. The first-order valence-corrected chi connectivity index (χ1v) is 8.94. The van der Waals surface area contributed by atoms with Gasteiger partial charge in [-0.1, -0.05) is 0 Å². The summed E-state index contributed by atoms with van der Waals surface area (Å²) >= 11 is 1.67. The molecule has 0 spiro atoms. The maximum atomic E-state index is 12.4. The number of anilines is 1. The Morgan fingerprint density at radius 3 is 2.91 bits per heavy atom. The summed E-state index contributed by atoms with van der Waals surface area (Å²) in [6, 6.07) is 2.04. The SMILES string of the molecule is Cc1sc(NC(=O)CN2CCC[C@@H](c3ccn[nH]3)C2)c(C)c1C. The average Bonchev–Trinajstić information content (AvgIpc) is 3.14. The van der Waals surface area contributed by atoms with Crippen LogP contribution in [-0.4, -0.2) is 40.6 Å². The van der Waals surface area contributed by atoms with Gasteiger partial charge >= 0.3 is 0 Å². The van der Waals surface area contributed by atoms with E-state index < -0.39 is 0 Å². The molecule has 2 N–H and O–H groups in total. The number of aromatic nitrogens is 2. The number of nitrogens with zero attached hydrogens (tertiary/aromatic N) is 2. The summed E-state index contributed by atoms with van der Waals surface area (Å²) in [5, 5.41) is 11.2. The second kappa shape index (κ2) is 6.84. The Hall–Kier alpha value is -1.66. The van der Waals surface area contributed by atoms with E-state index in [1.807, 2.05) is 6.07 Å². The molecule has 0 radical (unpaired) electrons. The number of H-pyrrole nitrogens is 1. The van der Waals surface area contributed by atoms with E-state index in [2.05, 4.69) is 41.2 Å². The smallest absolute Gasteiger partial charge is 0.239 e. The highest BCUT2D eigenvalue weighted by molar-refractivity contribution is 7.16. The lowest BCUT2D eigenvalue weighted by atomic mass is 9.95. The van der Waals surface area contributed by atoms with Crippen LogP contribution in [0.2, 0.25) is 0 Å². The van der Waals surface area contributed by atoms with E-state index in [9.17, 15) is 4.79 Å². The number of aryl methyl sites for hydroxylation is 1. The van der Waals surface area contributed by atoms with Crippen LogP contribution in [0.5, 0.6) is 0 Å². The molecule has 2 aromatic heterocycles. The Morgan fingerprint density at radius 2 is 2.26 bits per heavy atom. The minimum absolute atomic E-state index is 0.0830. The van der Waals surface area contributed by atoms with Crippen molar-refractivity contribution in [3.8, 4) is 0 Å². The largest absolute Gasteiger partial charge is 0.316 e. The molecule has 23 heavy (non-hydrogen) atoms. The van der Waals surface area contributed by atoms with Crippen molar-refractivity contribution < 1.29 is 4.79 Å². The highest BCUT2D eigenvalue weighted by Gasteiger charge is 2.24. The van der Waals surface area contributed by atoms with E-state index in [-0.39, 0.29) is 5.91 Å². The fourth-order valence-electron chi connectivity index (χ4n) is 3.18. The van der Waals surface area contributed by atoms with Crippen LogP contribution in [0.3, 0.4) is 0 Å². The Labute approximate surface area is 141 Å². The summed E-state index contributed by atoms with van der Waals surface area (Å²) in [6.07, 6.45) is 4.07. The number of carbonyl (C=O) groups is 1. The van der Waals surface area contributed by atoms with Crippen molar-refractivity contribution in [3.63, 3.8) is 0 Å². The van der Waals surface area contributed by atoms with Gasteiger partial charge in [0.2, 0.25) is 5.91 Å². The van der Waals surface area contributed by atoms with Crippen molar-refractivity contribution in [2.24, 2.45) is 0 Å². The molecule has 0 aliphatic carbocycles. The van der Waals surface area contributed by atoms with E-state index in [4.69, 9.17) is 0 Å². The number of likely N-dealkylation sites (tertiary alicyclic amines) is 1. The third-order valence-corrected chi connectivity index (χ3v) is 6.00. The average molecular weight is 332 g/mol. The molecule has 0 aromatic carbocycles. The van der Waals surface area contributed by atoms with Crippen LogP contribution in [0, 0.1) is 20.8 Å². The van der Waals surface area contributed by atoms with Gasteiger partial charge in [0.05, 0.1) is 11.5 Å². The zero-order valence-electron chi connectivity index (χ0n) is 14.0. The normalized spacial score (nSPS) is 19.0. The van der Waals surface area contributed by atoms with Crippen LogP contribution < -0.4 is 5.32 Å². The topological polar surface area (TPSA) is 61.0 Å². The molecule has 0 bridgehead atoms. The number of nitrogens with one attached hydrogen (secondary N) is 2. The van der Waals surface area contributed by atoms with Crippen LogP contribution in [-0.2, 0) is 4.79 Å². The first kappa shape index (κ1) is 16.2. The van der Waals surface area contributed by atoms with Crippen molar-refractivity contribution in [2.75, 3.05) is 25.0 Å². The number of hydrogen-bond acceptors (Lipinski definition) is 4. The lowest BCUT2D eigenvalue weighted by Crippen LogP contribution is -2.39. The molecule has 1 atom stereocenters. The van der Waals surface area contributed by atoms with Gasteiger partial charge in [-0.2, -0.15) is 5.10 Å². The lowest BCUT2D eigenvalue weighted by Gasteiger charge is -2.31. The van der Waals surface area contributed by atoms with Gasteiger partial charge in [-0.05, 0) is 57.4 Å². The van der Waals surface area contributed by atoms with Crippen molar-refractivity contribution in [1.29, 1.82) is 0 Å². The summed E-state index contributed by atoms with van der Waals surface area (Å²) in [5.74, 6) is 0.534. The molecule has 1 saturated heterocycles. The number of piperidine rings is 1. The summed E-state index contributed by atoms with van der Waals surface area (Å²) < 4.78 is 0. The zero-order valence-corrected chi connectivity index (χ0v) is 14.8. The van der Waals surface area contributed by atoms with Gasteiger partial charge in [0, 0.05) is 29.2 Å². The van der Waals surface area contributed by atoms with Gasteiger partial charge < -0.3 is 5.32 Å². The zero-order chi connectivity index (χ0) is 16.4. The van der Waals surface area contributed by atoms with Gasteiger partial charge in [-0.3, -0.25) is 14.8 Å². The number of rotatable bonds is 4. The molecule has 0 saturated carbocycles. The van der Waals surface area contributed by atoms with Crippen molar-refractivity contribution in [2.45, 2.75) is 39.5 Å². The quantitative estimate of drug-likeness (QED) is 0.904. The van der Waals surface area contributed by atoms with Crippen molar-refractivity contribution in [1.82, 2.24) is 15.1 Å². The first-order chi connectivity index (χ1) is 11.0. The Bertz CT molecular complexity index is 677. The summed E-state index contributed by atoms with van der Waals surface area (Å²) in [4.78, 5) is 15.9. The Morgan fingerprint density at radius 1 is 1.43 bits per heavy atom. The Kier molecular flexibility index (Phi) is 4.82. The van der Waals surface area contributed by atoms with E-state index in [1.54, 1.807) is 17.5 Å². The van der Waals surface area contributed by atoms with Gasteiger partial charge in [0.15, 0.2) is 0 Å². The van der Waals surface area contributed by atoms with Crippen molar-refractivity contribution in [3.05, 3.63) is 34.0 Å². The molecule has 0 unspecified atom stereocenters. The second-order valence-electron chi connectivity index (χ2n) is 6.37. The van der Waals surface area contributed by atoms with Crippen LogP contribution in [0.4, 0.5) is 5.00 Å². The van der Waals surface area contributed by atoms with Crippen LogP contribution in [0.15, 0.2) is 12.3 Å². The van der Waals surface area contributed by atoms with Crippen molar-refractivity contribution >= 4 is 22.2 Å². The van der Waals surface area contributed by atoms with E-state index >= 15 is 0 Å². The fourth-order valence-corrected chi connectivity index (χ4v) is 4.26. The summed E-state index contributed by atoms with van der Waals surface area (Å²) in [7, 11) is 0. The minimum atomic E-state index is 0.0830. The van der Waals surface area contributed by atoms with Gasteiger partial charge in [-0.15, -0.1) is 11.3 Å². The number of carbonyl (C=O) groups excluding carboxylic acids is 1. The highest BCUT2D eigenvalue weighted by atomic mass is 32.1. The molecule has 2 aromatic rings. The molecule has 3 rings (SSSR count). The van der Waals surface area contributed by atoms with Crippen LogP contribution >= 0.6 is 11.3 Å². The maximum Gasteiger partial charge on any atom is 0.239 e. The van der Waals surface area contributed by atoms with Gasteiger partial charge in [-0.25, -0.2) is 0 Å². The molecule has 124 valence electrons. The Balaban J connectivity index is 1.58. The fraction of sp³-hybridized carbons (Fsp3) is 0.529. The molecule has 1 aliphatic rings. The molecule has 5 nitrogen and oxygen atoms in total. The highest BCUT2D eigenvalue weighted by Crippen LogP contribution is 2.31. The van der Waals surface area contributed by atoms with Gasteiger partial charge in [0.1, 0.15) is 0 Å². The monoisotopic (exact) mass is 332 g/mol. The minimum Gasteiger partial charge on any atom is -0.316 e. The third kappa shape index (κ3) is 3.64. The predicted octanol–water partition coefficient (Wildman–Crippen LogP) is 3.21. The molecule has 1 aliphatic heterocycles. The lowest BCUT2D eigenvalue weighted by molar-refractivity contribution is -0.117. The third-order valence-electron chi connectivity index (χ3n) is 4.77. The molecule has 1 amide bonds. The molecule has 1 fully saturated rings. The number of thiophene rings is 1. The first-order valence-electron chi connectivity index (χ1n) is 8.12. The molecule has 6 heteroatoms. The summed E-state index contributed by atoms with van der Waals surface area (Å²) in [5.41, 5.74) is 3.65. The van der Waals surface area contributed by atoms with Gasteiger partial charge in [0.25, 0.3) is 0 Å². The van der Waals surface area contributed by atoms with E-state index in [1.165, 1.54) is 21.7 Å². The molecule has 3 heterocycles. The maximum absolute atomic E-state index is 12.4. The van der Waals surface area contributed by atoms with E-state index in [0.717, 1.165) is 30.9 Å². The number of amides is 1. The predicted molar refractivity (Wildman–Crippen MR) is 94.2 cm³/mol. The number of aromatic amines is 1. The number of hydrogen-bond donors (Lipinski definition) is 2. The molecular formula is C17H24N4OS. The standard InChI is InChI=1S/C17H24N4OS/c1-11-12(2)17(23-13(11)3)19-16(22)10-21-8-4-5-14(9-21)15-6-7-18-20-15/h6-7,14H,4-5,8-10H2,1-3H3,(H,18,20)(H,19,22)/t14-/m1/s1. The van der Waals surface area contributed by atoms with Crippen LogP contribution in [0.25, 0.3) is 0 Å². The van der Waals surface area contributed by atoms with Crippen LogP contribution in [0.1, 0.15) is 40.5 Å². The van der Waals surface area contributed by atoms with E-state index in [0.29, 0.717) is 12.5 Å². The second-order valence-corrected chi connectivity index (χ2v) is 7.60.